The van der Waals surface area contributed by atoms with E-state index in [1.54, 1.807) is 7.11 Å². The lowest BCUT2D eigenvalue weighted by Gasteiger charge is -2.36. The molecule has 37 heavy (non-hydrogen) atoms. The second kappa shape index (κ2) is 10.5. The zero-order valence-electron chi connectivity index (χ0n) is 21.0. The van der Waals surface area contributed by atoms with E-state index >= 15 is 0 Å². The number of benzene rings is 2. The van der Waals surface area contributed by atoms with Gasteiger partial charge in [0.1, 0.15) is 24.5 Å². The molecule has 8 heteroatoms. The molecule has 188 valence electrons. The van der Waals surface area contributed by atoms with Gasteiger partial charge in [-0.2, -0.15) is 0 Å². The summed E-state index contributed by atoms with van der Waals surface area (Å²) in [5.74, 6) is 1.64. The number of hydrogen-bond donors (Lipinski definition) is 0. The van der Waals surface area contributed by atoms with E-state index in [1.807, 2.05) is 47.6 Å². The van der Waals surface area contributed by atoms with Gasteiger partial charge < -0.3 is 14.4 Å². The Labute approximate surface area is 216 Å². The Morgan fingerprint density at radius 1 is 0.919 bits per heavy atom. The number of hydrogen-bond acceptors (Lipinski definition) is 7. The lowest BCUT2D eigenvalue weighted by atomic mass is 10.1. The lowest BCUT2D eigenvalue weighted by Crippen LogP contribution is -2.46. The van der Waals surface area contributed by atoms with Gasteiger partial charge in [0.15, 0.2) is 0 Å². The minimum absolute atomic E-state index is 0.509. The molecule has 2 aromatic carbocycles. The molecule has 0 saturated carbocycles. The highest BCUT2D eigenvalue weighted by atomic mass is 16.5. The van der Waals surface area contributed by atoms with Crippen LogP contribution in [-0.2, 0) is 11.3 Å². The van der Waals surface area contributed by atoms with Crippen LogP contribution in [0.4, 0.5) is 5.69 Å². The first-order chi connectivity index (χ1) is 18.3. The maximum absolute atomic E-state index is 5.75. The summed E-state index contributed by atoms with van der Waals surface area (Å²) in [5, 5.41) is 1.14. The van der Waals surface area contributed by atoms with Crippen LogP contribution in [0, 0.1) is 0 Å². The van der Waals surface area contributed by atoms with Crippen molar-refractivity contribution in [3.05, 3.63) is 84.9 Å². The summed E-state index contributed by atoms with van der Waals surface area (Å²) in [4.78, 5) is 18.9. The van der Waals surface area contributed by atoms with Gasteiger partial charge >= 0.3 is 0 Å². The third kappa shape index (κ3) is 4.98. The summed E-state index contributed by atoms with van der Waals surface area (Å²) in [6.07, 6.45) is 5.61. The van der Waals surface area contributed by atoms with E-state index in [4.69, 9.17) is 14.5 Å². The number of nitrogens with zero attached hydrogens (tertiary/aromatic N) is 6. The van der Waals surface area contributed by atoms with E-state index in [2.05, 4.69) is 56.2 Å². The van der Waals surface area contributed by atoms with Crippen LogP contribution in [0.5, 0.6) is 5.75 Å². The zero-order valence-corrected chi connectivity index (χ0v) is 21.0. The predicted octanol–water partition coefficient (Wildman–Crippen LogP) is 4.32. The third-order valence-corrected chi connectivity index (χ3v) is 6.85. The van der Waals surface area contributed by atoms with Crippen LogP contribution in [0.2, 0.25) is 0 Å². The minimum atomic E-state index is 0.509. The van der Waals surface area contributed by atoms with Crippen molar-refractivity contribution in [2.45, 2.75) is 6.54 Å². The predicted molar refractivity (Wildman–Crippen MR) is 145 cm³/mol. The van der Waals surface area contributed by atoms with Gasteiger partial charge in [-0.15, -0.1) is 0 Å². The van der Waals surface area contributed by atoms with Gasteiger partial charge in [0.05, 0.1) is 28.8 Å². The Hall–Kier alpha value is -4.01. The van der Waals surface area contributed by atoms with Crippen molar-refractivity contribution in [2.24, 2.45) is 0 Å². The Kier molecular flexibility index (Phi) is 6.66. The molecule has 8 nitrogen and oxygen atoms in total. The average Bonchev–Trinajstić information content (AvgIpc) is 3.37. The topological polar surface area (TPSA) is 68.5 Å². The van der Waals surface area contributed by atoms with E-state index in [0.717, 1.165) is 66.2 Å². The average molecular weight is 495 g/mol. The fourth-order valence-electron chi connectivity index (χ4n) is 4.91. The molecule has 0 unspecified atom stereocenters. The number of ether oxygens (including phenoxy) is 2. The van der Waals surface area contributed by atoms with Crippen molar-refractivity contribution in [1.82, 2.24) is 24.4 Å². The largest absolute Gasteiger partial charge is 0.491 e. The van der Waals surface area contributed by atoms with E-state index in [-0.39, 0.29) is 0 Å². The van der Waals surface area contributed by atoms with Gasteiger partial charge in [0.25, 0.3) is 0 Å². The number of rotatable bonds is 8. The van der Waals surface area contributed by atoms with E-state index in [0.29, 0.717) is 13.2 Å². The summed E-state index contributed by atoms with van der Waals surface area (Å²) >= 11 is 0. The number of piperazine rings is 1. The molecule has 4 heterocycles. The van der Waals surface area contributed by atoms with Crippen molar-refractivity contribution >= 4 is 27.6 Å². The second-order valence-corrected chi connectivity index (χ2v) is 9.25. The van der Waals surface area contributed by atoms with Crippen LogP contribution < -0.4 is 9.64 Å². The molecule has 0 spiro atoms. The molecule has 0 atom stereocenters. The third-order valence-electron chi connectivity index (χ3n) is 6.85. The summed E-state index contributed by atoms with van der Waals surface area (Å²) in [7, 11) is 1.67. The Morgan fingerprint density at radius 3 is 2.68 bits per heavy atom. The van der Waals surface area contributed by atoms with Crippen molar-refractivity contribution in [3.63, 3.8) is 0 Å². The SMILES string of the molecule is COCCOc1ccc2c(c1)ncn2-c1ccc2cccc(N3CCN(Cc4cccnc4)CC3)c2n1. The molecule has 0 amide bonds. The quantitative estimate of drug-likeness (QED) is 0.298. The highest BCUT2D eigenvalue weighted by Crippen LogP contribution is 2.29. The van der Waals surface area contributed by atoms with Crippen LogP contribution in [0.3, 0.4) is 0 Å². The molecule has 5 aromatic rings. The molecule has 3 aromatic heterocycles. The number of pyridine rings is 2. The van der Waals surface area contributed by atoms with Crippen molar-refractivity contribution in [3.8, 4) is 11.6 Å². The highest BCUT2D eigenvalue weighted by Gasteiger charge is 2.20. The first-order valence-electron chi connectivity index (χ1n) is 12.6. The molecule has 0 aliphatic carbocycles. The van der Waals surface area contributed by atoms with Gasteiger partial charge in [0.2, 0.25) is 0 Å². The van der Waals surface area contributed by atoms with E-state index in [1.165, 1.54) is 11.3 Å². The zero-order chi connectivity index (χ0) is 25.0. The fourth-order valence-corrected chi connectivity index (χ4v) is 4.91. The molecular weight excluding hydrogens is 464 g/mol. The fraction of sp³-hybridized carbons (Fsp3) is 0.276. The molecule has 1 aliphatic rings. The monoisotopic (exact) mass is 494 g/mol. The summed E-state index contributed by atoms with van der Waals surface area (Å²) in [5.41, 5.74) is 5.32. The summed E-state index contributed by atoms with van der Waals surface area (Å²) in [6.45, 7) is 5.94. The standard InChI is InChI=1S/C29H30N6O2/c1-36-16-17-37-24-8-9-26-25(18-24)31-21-35(26)28-10-7-23-5-2-6-27(29(23)32-28)34-14-12-33(13-15-34)20-22-4-3-11-30-19-22/h2-11,18-19,21H,12-17,20H2,1H3. The van der Waals surface area contributed by atoms with Crippen molar-refractivity contribution in [1.29, 1.82) is 0 Å². The molecule has 0 radical (unpaired) electrons. The normalized spacial score (nSPS) is 14.5. The Balaban J connectivity index is 1.24. The van der Waals surface area contributed by atoms with Crippen LogP contribution in [0.1, 0.15) is 5.56 Å². The molecule has 1 fully saturated rings. The van der Waals surface area contributed by atoms with Crippen molar-refractivity contribution < 1.29 is 9.47 Å². The van der Waals surface area contributed by atoms with Gasteiger partial charge in [-0.05, 0) is 42.0 Å². The van der Waals surface area contributed by atoms with Crippen LogP contribution in [0.15, 0.2) is 79.4 Å². The second-order valence-electron chi connectivity index (χ2n) is 9.25. The summed E-state index contributed by atoms with van der Waals surface area (Å²) in [6, 6.07) is 20.7. The number of anilines is 1. The van der Waals surface area contributed by atoms with Gasteiger partial charge in [-0.25, -0.2) is 9.97 Å². The number of fused-ring (bicyclic) bond motifs is 2. The highest BCUT2D eigenvalue weighted by molar-refractivity contribution is 5.92. The molecule has 0 bridgehead atoms. The number of aromatic nitrogens is 4. The first-order valence-corrected chi connectivity index (χ1v) is 12.6. The molecule has 1 saturated heterocycles. The van der Waals surface area contributed by atoms with Crippen LogP contribution in [0.25, 0.3) is 27.8 Å². The van der Waals surface area contributed by atoms with Gasteiger partial charge in [0, 0.05) is 63.7 Å². The maximum atomic E-state index is 5.75. The molecule has 1 aliphatic heterocycles. The lowest BCUT2D eigenvalue weighted by molar-refractivity contribution is 0.146. The number of methoxy groups -OCH3 is 1. The Morgan fingerprint density at radius 2 is 1.84 bits per heavy atom. The molecule has 6 rings (SSSR count). The summed E-state index contributed by atoms with van der Waals surface area (Å²) < 4.78 is 12.9. The van der Waals surface area contributed by atoms with Crippen LogP contribution >= 0.6 is 0 Å². The van der Waals surface area contributed by atoms with E-state index < -0.39 is 0 Å². The smallest absolute Gasteiger partial charge is 0.139 e. The Bertz CT molecular complexity index is 1490. The maximum Gasteiger partial charge on any atom is 0.139 e. The first kappa shape index (κ1) is 23.4. The van der Waals surface area contributed by atoms with E-state index in [9.17, 15) is 0 Å². The number of imidazole rings is 1. The molecular formula is C29H30N6O2. The molecule has 0 N–H and O–H groups in total. The number of para-hydroxylation sites is 1. The van der Waals surface area contributed by atoms with Crippen molar-refractivity contribution in [2.75, 3.05) is 51.4 Å². The van der Waals surface area contributed by atoms with Gasteiger partial charge in [-0.3, -0.25) is 14.5 Å². The van der Waals surface area contributed by atoms with Crippen LogP contribution in [-0.4, -0.2) is 70.9 Å². The minimum Gasteiger partial charge on any atom is -0.491 e. The van der Waals surface area contributed by atoms with Gasteiger partial charge in [-0.1, -0.05) is 18.2 Å².